The highest BCUT2D eigenvalue weighted by Crippen LogP contribution is 2.20. The molecule has 0 atom stereocenters. The van der Waals surface area contributed by atoms with Crippen molar-refractivity contribution in [3.8, 4) is 0 Å². The van der Waals surface area contributed by atoms with Gasteiger partial charge in [0.15, 0.2) is 5.82 Å². The molecule has 27 heavy (non-hydrogen) atoms. The van der Waals surface area contributed by atoms with Crippen LogP contribution in [-0.4, -0.2) is 36.9 Å². The largest absolute Gasteiger partial charge is 0.360 e. The first-order valence-electron chi connectivity index (χ1n) is 8.82. The number of amides is 1. The molecule has 0 unspecified atom stereocenters. The number of carbonyl (C=O) groups is 1. The summed E-state index contributed by atoms with van der Waals surface area (Å²) in [6.45, 7) is 3.80. The topological polar surface area (TPSA) is 92.5 Å². The Kier molecular flexibility index (Phi) is 8.00. The summed E-state index contributed by atoms with van der Waals surface area (Å²) >= 11 is 3.30. The summed E-state index contributed by atoms with van der Waals surface area (Å²) in [5.41, 5.74) is 0. The second-order valence-electron chi connectivity index (χ2n) is 6.22. The molecule has 1 aromatic carbocycles. The van der Waals surface area contributed by atoms with Gasteiger partial charge in [0.25, 0.3) is 0 Å². The van der Waals surface area contributed by atoms with Gasteiger partial charge in [-0.25, -0.2) is 8.42 Å². The average Bonchev–Trinajstić information content (AvgIpc) is 3.02. The Hall–Kier alpha value is -1.71. The molecule has 0 fully saturated rings. The van der Waals surface area contributed by atoms with E-state index < -0.39 is 15.9 Å². The molecule has 0 aliphatic rings. The molecule has 0 spiro atoms. The lowest BCUT2D eigenvalue weighted by atomic mass is 10.2. The van der Waals surface area contributed by atoms with Crippen molar-refractivity contribution in [1.82, 2.24) is 9.46 Å². The van der Waals surface area contributed by atoms with E-state index in [4.69, 9.17) is 4.52 Å². The molecule has 9 heteroatoms. The van der Waals surface area contributed by atoms with Crippen molar-refractivity contribution in [2.75, 3.05) is 18.4 Å². The lowest BCUT2D eigenvalue weighted by Gasteiger charge is -2.21. The molecular formula is C18H24BrN3O4S. The minimum Gasteiger partial charge on any atom is -0.360 e. The van der Waals surface area contributed by atoms with E-state index in [0.717, 1.165) is 23.7 Å². The van der Waals surface area contributed by atoms with E-state index in [9.17, 15) is 13.2 Å². The number of anilines is 1. The fourth-order valence-corrected chi connectivity index (χ4v) is 4.22. The van der Waals surface area contributed by atoms with Crippen LogP contribution in [0, 0.1) is 6.92 Å². The first-order chi connectivity index (χ1) is 12.8. The fraction of sp³-hybridized carbons (Fsp3) is 0.444. The number of sulfonamides is 1. The highest BCUT2D eigenvalue weighted by Gasteiger charge is 2.26. The van der Waals surface area contributed by atoms with Gasteiger partial charge in [-0.05, 0) is 37.6 Å². The zero-order valence-electron chi connectivity index (χ0n) is 15.4. The summed E-state index contributed by atoms with van der Waals surface area (Å²) in [5, 5.41) is 6.27. The van der Waals surface area contributed by atoms with Crippen molar-refractivity contribution >= 4 is 37.7 Å². The van der Waals surface area contributed by atoms with Gasteiger partial charge in [-0.2, -0.15) is 4.31 Å². The minimum atomic E-state index is -3.78. The maximum atomic E-state index is 13.0. The molecule has 2 aromatic rings. The first-order valence-corrected chi connectivity index (χ1v) is 11.0. The fourth-order valence-electron chi connectivity index (χ4n) is 2.52. The minimum absolute atomic E-state index is 0.159. The third-order valence-electron chi connectivity index (χ3n) is 3.93. The lowest BCUT2D eigenvalue weighted by Crippen LogP contribution is -2.38. The van der Waals surface area contributed by atoms with E-state index in [1.54, 1.807) is 25.1 Å². The number of carbonyl (C=O) groups excluding carboxylic acids is 1. The summed E-state index contributed by atoms with van der Waals surface area (Å²) in [4.78, 5) is 12.5. The number of aromatic nitrogens is 1. The highest BCUT2D eigenvalue weighted by atomic mass is 79.9. The average molecular weight is 458 g/mol. The van der Waals surface area contributed by atoms with E-state index in [1.165, 1.54) is 16.4 Å². The van der Waals surface area contributed by atoms with Gasteiger partial charge < -0.3 is 9.84 Å². The molecule has 0 saturated heterocycles. The number of rotatable bonds is 10. The Morgan fingerprint density at radius 3 is 2.52 bits per heavy atom. The van der Waals surface area contributed by atoms with Gasteiger partial charge >= 0.3 is 0 Å². The van der Waals surface area contributed by atoms with Crippen molar-refractivity contribution in [2.45, 2.75) is 44.4 Å². The molecular weight excluding hydrogens is 434 g/mol. The molecule has 0 aliphatic heterocycles. The standard InChI is InChI=1S/C18H24BrN3O4S/c1-3-4-5-6-11-22(13-18(23)20-17-12-14(2)26-21-17)27(24,25)16-9-7-15(19)8-10-16/h7-10,12H,3-6,11,13H2,1-2H3,(H,20,21,23). The van der Waals surface area contributed by atoms with Crippen LogP contribution >= 0.6 is 15.9 Å². The molecule has 1 amide bonds. The van der Waals surface area contributed by atoms with Gasteiger partial charge in [-0.1, -0.05) is 47.3 Å². The van der Waals surface area contributed by atoms with Crippen LogP contribution in [0.15, 0.2) is 44.2 Å². The predicted octanol–water partition coefficient (Wildman–Crippen LogP) is 3.96. The Balaban J connectivity index is 2.13. The molecule has 0 aliphatic carbocycles. The molecule has 0 bridgehead atoms. The van der Waals surface area contributed by atoms with Crippen LogP contribution in [0.2, 0.25) is 0 Å². The van der Waals surface area contributed by atoms with Crippen LogP contribution < -0.4 is 5.32 Å². The number of halogens is 1. The van der Waals surface area contributed by atoms with Gasteiger partial charge in [-0.3, -0.25) is 4.79 Å². The molecule has 148 valence electrons. The van der Waals surface area contributed by atoms with Gasteiger partial charge in [0.1, 0.15) is 5.76 Å². The quantitative estimate of drug-likeness (QED) is 0.545. The predicted molar refractivity (Wildman–Crippen MR) is 107 cm³/mol. The maximum absolute atomic E-state index is 13.0. The van der Waals surface area contributed by atoms with Crippen LogP contribution in [0.1, 0.15) is 38.4 Å². The lowest BCUT2D eigenvalue weighted by molar-refractivity contribution is -0.116. The summed E-state index contributed by atoms with van der Waals surface area (Å²) in [7, 11) is -3.78. The monoisotopic (exact) mass is 457 g/mol. The van der Waals surface area contributed by atoms with Crippen LogP contribution in [0.25, 0.3) is 0 Å². The molecule has 7 nitrogen and oxygen atoms in total. The molecule has 0 saturated carbocycles. The van der Waals surface area contributed by atoms with Gasteiger partial charge in [-0.15, -0.1) is 0 Å². The number of benzene rings is 1. The molecule has 2 rings (SSSR count). The van der Waals surface area contributed by atoms with E-state index in [0.29, 0.717) is 12.2 Å². The Labute approximate surface area is 168 Å². The number of aryl methyl sites for hydroxylation is 1. The van der Waals surface area contributed by atoms with Gasteiger partial charge in [0, 0.05) is 17.1 Å². The smallest absolute Gasteiger partial charge is 0.243 e. The normalized spacial score (nSPS) is 11.7. The van der Waals surface area contributed by atoms with Crippen molar-refractivity contribution in [2.24, 2.45) is 0 Å². The third-order valence-corrected chi connectivity index (χ3v) is 6.32. The van der Waals surface area contributed by atoms with Crippen LogP contribution in [0.5, 0.6) is 0 Å². The van der Waals surface area contributed by atoms with E-state index in [2.05, 4.69) is 33.3 Å². The van der Waals surface area contributed by atoms with Crippen LogP contribution in [-0.2, 0) is 14.8 Å². The zero-order chi connectivity index (χ0) is 19.9. The van der Waals surface area contributed by atoms with E-state index in [-0.39, 0.29) is 23.8 Å². The molecule has 1 heterocycles. The molecule has 1 aromatic heterocycles. The third kappa shape index (κ3) is 6.44. The number of unbranched alkanes of at least 4 members (excludes halogenated alkanes) is 3. The summed E-state index contributed by atoms with van der Waals surface area (Å²) in [6.07, 6.45) is 3.68. The van der Waals surface area contributed by atoms with E-state index >= 15 is 0 Å². The summed E-state index contributed by atoms with van der Waals surface area (Å²) in [5.74, 6) is 0.369. The second kappa shape index (κ2) is 10.0. The van der Waals surface area contributed by atoms with E-state index in [1.807, 2.05) is 0 Å². The molecule has 0 radical (unpaired) electrons. The molecule has 1 N–H and O–H groups in total. The highest BCUT2D eigenvalue weighted by molar-refractivity contribution is 9.10. The number of hydrogen-bond acceptors (Lipinski definition) is 5. The Morgan fingerprint density at radius 1 is 1.22 bits per heavy atom. The zero-order valence-corrected chi connectivity index (χ0v) is 17.8. The number of nitrogens with one attached hydrogen (secondary N) is 1. The number of nitrogens with zero attached hydrogens (tertiary/aromatic N) is 2. The van der Waals surface area contributed by atoms with Gasteiger partial charge in [0.2, 0.25) is 15.9 Å². The Morgan fingerprint density at radius 2 is 1.93 bits per heavy atom. The van der Waals surface area contributed by atoms with Crippen LogP contribution in [0.3, 0.4) is 0 Å². The summed E-state index contributed by atoms with van der Waals surface area (Å²) < 4.78 is 32.9. The SMILES string of the molecule is CCCCCCN(CC(=O)Nc1cc(C)on1)S(=O)(=O)c1ccc(Br)cc1. The van der Waals surface area contributed by atoms with Crippen molar-refractivity contribution < 1.29 is 17.7 Å². The van der Waals surface area contributed by atoms with Gasteiger partial charge in [0.05, 0.1) is 11.4 Å². The second-order valence-corrected chi connectivity index (χ2v) is 9.08. The van der Waals surface area contributed by atoms with Crippen LogP contribution in [0.4, 0.5) is 5.82 Å². The van der Waals surface area contributed by atoms with Crippen molar-refractivity contribution in [3.63, 3.8) is 0 Å². The maximum Gasteiger partial charge on any atom is 0.243 e. The first kappa shape index (κ1) is 21.6. The summed E-state index contributed by atoms with van der Waals surface area (Å²) in [6, 6.07) is 7.96. The van der Waals surface area contributed by atoms with Crippen molar-refractivity contribution in [3.05, 3.63) is 40.6 Å². The number of hydrogen-bond donors (Lipinski definition) is 1. The Bertz CT molecular complexity index is 850. The van der Waals surface area contributed by atoms with Crippen molar-refractivity contribution in [1.29, 1.82) is 0 Å².